The van der Waals surface area contributed by atoms with Crippen LogP contribution in [0.1, 0.15) is 0 Å². The summed E-state index contributed by atoms with van der Waals surface area (Å²) in [5, 5.41) is 63.8. The van der Waals surface area contributed by atoms with Crippen LogP contribution in [0.2, 0.25) is 0 Å². The first-order valence-corrected chi connectivity index (χ1v) is 14.8. The van der Waals surface area contributed by atoms with E-state index in [-0.39, 0.29) is 45.6 Å². The van der Waals surface area contributed by atoms with Crippen LogP contribution in [0.15, 0.2) is 63.9 Å². The minimum atomic E-state index is -1.70. The number of rotatable bonds is 7. The van der Waals surface area contributed by atoms with Gasteiger partial charge in [-0.05, 0) is 47.3 Å². The van der Waals surface area contributed by atoms with Crippen molar-refractivity contribution in [2.75, 3.05) is 27.9 Å². The van der Waals surface area contributed by atoms with Crippen LogP contribution in [-0.2, 0) is 4.74 Å². The van der Waals surface area contributed by atoms with Crippen molar-refractivity contribution in [3.05, 3.63) is 65.1 Å². The normalized spacial score (nSPS) is 21.3. The van der Waals surface area contributed by atoms with Crippen molar-refractivity contribution in [3.8, 4) is 45.6 Å². The lowest BCUT2D eigenvalue weighted by atomic mass is 9.97. The number of aromatic nitrogens is 1. The fraction of sp³-hybridized carbons (Fsp3) is 0.265. The van der Waals surface area contributed by atoms with Gasteiger partial charge in [0.05, 0.1) is 33.5 Å². The molecular weight excluding hydrogens is 630 g/mol. The van der Waals surface area contributed by atoms with Gasteiger partial charge in [0.25, 0.3) is 0 Å². The second kappa shape index (κ2) is 11.8. The van der Waals surface area contributed by atoms with Gasteiger partial charge in [-0.25, -0.2) is 4.79 Å². The van der Waals surface area contributed by atoms with Crippen molar-refractivity contribution in [1.82, 2.24) is 4.40 Å². The Morgan fingerprint density at radius 3 is 2.19 bits per heavy atom. The number of aliphatic hydroxyl groups excluding tert-OH is 4. The molecule has 0 bridgehead atoms. The first kappa shape index (κ1) is 31.4. The predicted octanol–water partition coefficient (Wildman–Crippen LogP) is 2.63. The van der Waals surface area contributed by atoms with Crippen molar-refractivity contribution in [3.63, 3.8) is 0 Å². The predicted molar refractivity (Wildman–Crippen MR) is 171 cm³/mol. The maximum atomic E-state index is 13.9. The summed E-state index contributed by atoms with van der Waals surface area (Å²) in [6, 6.07) is 12.7. The molecule has 1 aliphatic rings. The molecule has 14 heteroatoms. The Balaban J connectivity index is 1.55. The van der Waals surface area contributed by atoms with E-state index in [0.717, 1.165) is 0 Å². The van der Waals surface area contributed by atoms with Crippen LogP contribution in [0.5, 0.6) is 34.5 Å². The Kier molecular flexibility index (Phi) is 7.69. The van der Waals surface area contributed by atoms with Gasteiger partial charge in [-0.15, -0.1) is 0 Å². The zero-order valence-corrected chi connectivity index (χ0v) is 25.8. The van der Waals surface area contributed by atoms with Gasteiger partial charge >= 0.3 is 5.63 Å². The van der Waals surface area contributed by atoms with Crippen LogP contribution in [-0.4, -0.2) is 93.7 Å². The Labute approximate surface area is 270 Å². The highest BCUT2D eigenvalue weighted by atomic mass is 16.7. The number of fused-ring (bicyclic) bond motifs is 7. The molecule has 6 aromatic rings. The van der Waals surface area contributed by atoms with Gasteiger partial charge in [0, 0.05) is 34.0 Å². The third-order valence-electron chi connectivity index (χ3n) is 8.71. The minimum absolute atomic E-state index is 0.0286. The zero-order valence-electron chi connectivity index (χ0n) is 25.8. The number of hydrogen-bond acceptors (Lipinski definition) is 13. The fourth-order valence-corrected chi connectivity index (χ4v) is 6.34. The van der Waals surface area contributed by atoms with E-state index in [1.165, 1.54) is 33.5 Å². The number of benzene rings is 3. The molecule has 5 atom stereocenters. The summed E-state index contributed by atoms with van der Waals surface area (Å²) in [7, 11) is 4.23. The molecule has 6 N–H and O–H groups in total. The maximum Gasteiger partial charge on any atom is 0.361 e. The highest BCUT2D eigenvalue weighted by Gasteiger charge is 2.45. The highest BCUT2D eigenvalue weighted by Crippen LogP contribution is 2.46. The van der Waals surface area contributed by atoms with Gasteiger partial charge in [0.1, 0.15) is 35.5 Å². The number of hydrogen-bond donors (Lipinski definition) is 6. The van der Waals surface area contributed by atoms with E-state index in [0.29, 0.717) is 38.2 Å². The average Bonchev–Trinajstić information content (AvgIpc) is 3.44. The topological polar surface area (TPSA) is 202 Å². The van der Waals surface area contributed by atoms with E-state index in [1.807, 2.05) is 0 Å². The quantitative estimate of drug-likeness (QED) is 0.137. The van der Waals surface area contributed by atoms with Gasteiger partial charge in [-0.3, -0.25) is 0 Å². The molecule has 0 saturated carbocycles. The molecule has 4 heterocycles. The standard InChI is InChI=1S/C34H31NO13/c1-43-21-9-15(4-5-18(21)37)26-27-17-11-23(45-3)24(47-34-32(41)31(40)30(39)25(13-36)48-34)12-20(17)46-33(42)29(27)35-7-6-14-8-19(38)22(44-2)10-16(14)28(26)35/h4-12,25,30-32,34,36-41H,13H2,1-3H3/t25-,30+,31+,32-,34-/m1/s1. The van der Waals surface area contributed by atoms with Gasteiger partial charge < -0.3 is 63.1 Å². The number of pyridine rings is 1. The summed E-state index contributed by atoms with van der Waals surface area (Å²) in [5.74, 6) is 0.348. The molecule has 7 rings (SSSR count). The Morgan fingerprint density at radius 1 is 0.771 bits per heavy atom. The lowest BCUT2D eigenvalue weighted by Gasteiger charge is -2.39. The van der Waals surface area contributed by atoms with E-state index >= 15 is 0 Å². The van der Waals surface area contributed by atoms with Crippen LogP contribution in [0.3, 0.4) is 0 Å². The van der Waals surface area contributed by atoms with Crippen molar-refractivity contribution in [2.45, 2.75) is 30.7 Å². The summed E-state index contributed by atoms with van der Waals surface area (Å²) >= 11 is 0. The third kappa shape index (κ3) is 4.72. The summed E-state index contributed by atoms with van der Waals surface area (Å²) in [4.78, 5) is 13.9. The molecule has 250 valence electrons. The van der Waals surface area contributed by atoms with Crippen LogP contribution >= 0.6 is 0 Å². The summed E-state index contributed by atoms with van der Waals surface area (Å²) in [5.41, 5.74) is 1.23. The van der Waals surface area contributed by atoms with Gasteiger partial charge in [-0.1, -0.05) is 6.07 Å². The van der Waals surface area contributed by atoms with E-state index in [9.17, 15) is 35.4 Å². The van der Waals surface area contributed by atoms with Crippen molar-refractivity contribution < 1.29 is 58.7 Å². The Morgan fingerprint density at radius 2 is 1.48 bits per heavy atom. The molecule has 0 spiro atoms. The van der Waals surface area contributed by atoms with E-state index in [1.54, 1.807) is 47.0 Å². The SMILES string of the molecule is COc1cc(-c2c3c4cc(OC)c(O[C@@H]5O[C@H](CO)[C@H](O)[C@H](O)[C@H]5O)cc4oc(=O)c3n3ccc4cc(O)c(OC)cc4c23)ccc1O. The Bertz CT molecular complexity index is 2270. The third-order valence-corrected chi connectivity index (χ3v) is 8.71. The molecule has 0 radical (unpaired) electrons. The highest BCUT2D eigenvalue weighted by molar-refractivity contribution is 6.22. The lowest BCUT2D eigenvalue weighted by Crippen LogP contribution is -2.60. The second-order valence-electron chi connectivity index (χ2n) is 11.3. The number of aromatic hydroxyl groups is 2. The van der Waals surface area contributed by atoms with E-state index in [2.05, 4.69) is 0 Å². The van der Waals surface area contributed by atoms with Gasteiger partial charge in [0.2, 0.25) is 6.29 Å². The smallest absolute Gasteiger partial charge is 0.361 e. The van der Waals surface area contributed by atoms with Gasteiger partial charge in [-0.2, -0.15) is 0 Å². The number of ether oxygens (including phenoxy) is 5. The first-order chi connectivity index (χ1) is 23.1. The number of methoxy groups -OCH3 is 3. The number of phenols is 2. The molecule has 1 aliphatic heterocycles. The molecule has 14 nitrogen and oxygen atoms in total. The molecule has 1 fully saturated rings. The van der Waals surface area contributed by atoms with Crippen molar-refractivity contribution >= 4 is 38.2 Å². The number of nitrogens with zero attached hydrogens (tertiary/aromatic N) is 1. The summed E-state index contributed by atoms with van der Waals surface area (Å²) in [6.45, 7) is -0.653. The Hall–Kier alpha value is -5.25. The molecule has 3 aromatic carbocycles. The fourth-order valence-electron chi connectivity index (χ4n) is 6.34. The van der Waals surface area contributed by atoms with Gasteiger partial charge in [0.15, 0.2) is 34.5 Å². The summed E-state index contributed by atoms with van der Waals surface area (Å²) < 4.78 is 35.4. The summed E-state index contributed by atoms with van der Waals surface area (Å²) in [6.07, 6.45) is -6.03. The second-order valence-corrected chi connectivity index (χ2v) is 11.3. The lowest BCUT2D eigenvalue weighted by molar-refractivity contribution is -0.277. The van der Waals surface area contributed by atoms with Crippen LogP contribution in [0, 0.1) is 0 Å². The number of aliphatic hydroxyl groups is 4. The molecule has 1 saturated heterocycles. The number of phenolic OH excluding ortho intramolecular Hbond substituents is 2. The van der Waals surface area contributed by atoms with Crippen LogP contribution in [0.25, 0.3) is 49.3 Å². The van der Waals surface area contributed by atoms with Crippen molar-refractivity contribution in [1.29, 1.82) is 0 Å². The molecule has 48 heavy (non-hydrogen) atoms. The molecule has 0 amide bonds. The molecule has 0 unspecified atom stereocenters. The monoisotopic (exact) mass is 661 g/mol. The minimum Gasteiger partial charge on any atom is -0.504 e. The largest absolute Gasteiger partial charge is 0.504 e. The molecular formula is C34H31NO13. The van der Waals surface area contributed by atoms with Crippen LogP contribution < -0.4 is 24.6 Å². The first-order valence-electron chi connectivity index (χ1n) is 14.8. The van der Waals surface area contributed by atoms with E-state index in [4.69, 9.17) is 28.1 Å². The average molecular weight is 662 g/mol. The zero-order chi connectivity index (χ0) is 34.0. The van der Waals surface area contributed by atoms with E-state index < -0.39 is 42.9 Å². The van der Waals surface area contributed by atoms with Crippen molar-refractivity contribution in [2.24, 2.45) is 0 Å². The maximum absolute atomic E-state index is 13.9. The molecule has 3 aromatic heterocycles. The van der Waals surface area contributed by atoms with Crippen LogP contribution in [0.4, 0.5) is 0 Å². The molecule has 0 aliphatic carbocycles.